The minimum absolute atomic E-state index is 0.135. The smallest absolute Gasteiger partial charge is 0.365 e. The molecule has 2 rings (SSSR count). The molecule has 94 valence electrons. The number of rotatable bonds is 4. The number of thiazole rings is 1. The van der Waals surface area contributed by atoms with Gasteiger partial charge in [0.05, 0.1) is 5.69 Å². The van der Waals surface area contributed by atoms with Gasteiger partial charge in [0.15, 0.2) is 0 Å². The second-order valence-electron chi connectivity index (χ2n) is 4.27. The molecule has 18 heavy (non-hydrogen) atoms. The predicted octanol–water partition coefficient (Wildman–Crippen LogP) is 4.02. The third-order valence-electron chi connectivity index (χ3n) is 3.07. The molecule has 0 spiro atoms. The molecule has 1 atom stereocenters. The number of benzene rings is 1. The molecule has 0 radical (unpaired) electrons. The number of hydrogen-bond acceptors (Lipinski definition) is 3. The fourth-order valence-corrected chi connectivity index (χ4v) is 2.39. The van der Waals surface area contributed by atoms with E-state index in [1.165, 1.54) is 5.56 Å². The van der Waals surface area contributed by atoms with Crippen molar-refractivity contribution in [1.82, 2.24) is 4.98 Å². The first kappa shape index (κ1) is 12.8. The molecule has 0 fully saturated rings. The van der Waals surface area contributed by atoms with E-state index in [-0.39, 0.29) is 5.01 Å². The van der Waals surface area contributed by atoms with Gasteiger partial charge in [0.1, 0.15) is 0 Å². The van der Waals surface area contributed by atoms with Crippen LogP contribution in [0.25, 0.3) is 11.3 Å². The summed E-state index contributed by atoms with van der Waals surface area (Å²) >= 11 is 1.16. The SMILES string of the molecule is CCC(C)c1ccc(-c2csc(C(=O)O)n2)cc1. The van der Waals surface area contributed by atoms with E-state index >= 15 is 0 Å². The molecule has 1 unspecified atom stereocenters. The zero-order chi connectivity index (χ0) is 13.1. The number of carboxylic acid groups (broad SMARTS) is 1. The van der Waals surface area contributed by atoms with Crippen molar-refractivity contribution in [2.24, 2.45) is 0 Å². The van der Waals surface area contributed by atoms with Crippen molar-refractivity contribution in [1.29, 1.82) is 0 Å². The maximum Gasteiger partial charge on any atom is 0.365 e. The van der Waals surface area contributed by atoms with Crippen LogP contribution in [0.2, 0.25) is 0 Å². The van der Waals surface area contributed by atoms with Crippen LogP contribution in [0.5, 0.6) is 0 Å². The van der Waals surface area contributed by atoms with Gasteiger partial charge in [-0.05, 0) is 17.9 Å². The molecule has 0 aliphatic carbocycles. The van der Waals surface area contributed by atoms with Gasteiger partial charge in [-0.15, -0.1) is 11.3 Å². The Hall–Kier alpha value is -1.68. The molecule has 2 aromatic rings. The molecule has 4 heteroatoms. The molecular weight excluding hydrogens is 246 g/mol. The van der Waals surface area contributed by atoms with E-state index in [4.69, 9.17) is 5.11 Å². The van der Waals surface area contributed by atoms with Crippen molar-refractivity contribution in [2.45, 2.75) is 26.2 Å². The van der Waals surface area contributed by atoms with E-state index < -0.39 is 5.97 Å². The maximum atomic E-state index is 10.8. The zero-order valence-electron chi connectivity index (χ0n) is 10.4. The molecule has 0 bridgehead atoms. The number of carbonyl (C=O) groups is 1. The standard InChI is InChI=1S/C14H15NO2S/c1-3-9(2)10-4-6-11(7-5-10)12-8-18-13(15-12)14(16)17/h4-9H,3H2,1-2H3,(H,16,17). The second-order valence-corrected chi connectivity index (χ2v) is 5.13. The van der Waals surface area contributed by atoms with Crippen LogP contribution >= 0.6 is 11.3 Å². The minimum atomic E-state index is -0.970. The number of nitrogens with zero attached hydrogens (tertiary/aromatic N) is 1. The number of carboxylic acids is 1. The summed E-state index contributed by atoms with van der Waals surface area (Å²) in [7, 11) is 0. The quantitative estimate of drug-likeness (QED) is 0.904. The van der Waals surface area contributed by atoms with E-state index in [1.807, 2.05) is 12.1 Å². The van der Waals surface area contributed by atoms with Gasteiger partial charge in [-0.2, -0.15) is 0 Å². The molecule has 0 aliphatic rings. The zero-order valence-corrected chi connectivity index (χ0v) is 11.2. The van der Waals surface area contributed by atoms with Crippen LogP contribution in [-0.4, -0.2) is 16.1 Å². The first-order valence-corrected chi connectivity index (χ1v) is 6.79. The van der Waals surface area contributed by atoms with Crippen LogP contribution in [0, 0.1) is 0 Å². The Morgan fingerprint density at radius 1 is 1.39 bits per heavy atom. The topological polar surface area (TPSA) is 50.2 Å². The molecule has 1 aromatic carbocycles. The summed E-state index contributed by atoms with van der Waals surface area (Å²) in [6.45, 7) is 4.36. The van der Waals surface area contributed by atoms with Gasteiger partial charge in [-0.25, -0.2) is 9.78 Å². The molecular formula is C14H15NO2S. The first-order chi connectivity index (χ1) is 8.61. The summed E-state index contributed by atoms with van der Waals surface area (Å²) < 4.78 is 0. The first-order valence-electron chi connectivity index (χ1n) is 5.91. The fraction of sp³-hybridized carbons (Fsp3) is 0.286. The van der Waals surface area contributed by atoms with E-state index in [1.54, 1.807) is 5.38 Å². The predicted molar refractivity (Wildman–Crippen MR) is 73.2 cm³/mol. The van der Waals surface area contributed by atoms with Crippen molar-refractivity contribution < 1.29 is 9.90 Å². The summed E-state index contributed by atoms with van der Waals surface area (Å²) in [6.07, 6.45) is 1.11. The highest BCUT2D eigenvalue weighted by atomic mass is 32.1. The summed E-state index contributed by atoms with van der Waals surface area (Å²) in [5, 5.41) is 10.8. The van der Waals surface area contributed by atoms with E-state index in [0.717, 1.165) is 29.0 Å². The Morgan fingerprint density at radius 2 is 2.06 bits per heavy atom. The van der Waals surface area contributed by atoms with Crippen LogP contribution in [0.1, 0.15) is 41.6 Å². The average Bonchev–Trinajstić information content (AvgIpc) is 2.88. The Labute approximate surface area is 110 Å². The van der Waals surface area contributed by atoms with Gasteiger partial charge in [0, 0.05) is 10.9 Å². The van der Waals surface area contributed by atoms with Crippen molar-refractivity contribution in [3.05, 3.63) is 40.2 Å². The molecule has 0 amide bonds. The summed E-state index contributed by atoms with van der Waals surface area (Å²) in [5.74, 6) is -0.425. The summed E-state index contributed by atoms with van der Waals surface area (Å²) in [5.41, 5.74) is 2.99. The Morgan fingerprint density at radius 3 is 2.56 bits per heavy atom. The lowest BCUT2D eigenvalue weighted by Crippen LogP contribution is -1.94. The molecule has 0 aliphatic heterocycles. The van der Waals surface area contributed by atoms with E-state index in [2.05, 4.69) is 31.0 Å². The van der Waals surface area contributed by atoms with Gasteiger partial charge < -0.3 is 5.11 Å². The van der Waals surface area contributed by atoms with Gasteiger partial charge in [0.2, 0.25) is 5.01 Å². The molecule has 0 saturated carbocycles. The summed E-state index contributed by atoms with van der Waals surface area (Å²) in [6, 6.07) is 8.18. The van der Waals surface area contributed by atoms with Crippen LogP contribution < -0.4 is 0 Å². The molecule has 0 saturated heterocycles. The lowest BCUT2D eigenvalue weighted by atomic mass is 9.97. The van der Waals surface area contributed by atoms with Crippen LogP contribution in [0.15, 0.2) is 29.6 Å². The number of hydrogen-bond donors (Lipinski definition) is 1. The highest BCUT2D eigenvalue weighted by Crippen LogP contribution is 2.25. The lowest BCUT2D eigenvalue weighted by Gasteiger charge is -2.08. The molecule has 1 N–H and O–H groups in total. The van der Waals surface area contributed by atoms with Gasteiger partial charge >= 0.3 is 5.97 Å². The monoisotopic (exact) mass is 261 g/mol. The Kier molecular flexibility index (Phi) is 3.77. The van der Waals surface area contributed by atoms with Gasteiger partial charge in [-0.1, -0.05) is 38.1 Å². The van der Waals surface area contributed by atoms with Crippen LogP contribution in [0.4, 0.5) is 0 Å². The summed E-state index contributed by atoms with van der Waals surface area (Å²) in [4.78, 5) is 14.9. The highest BCUT2D eigenvalue weighted by molar-refractivity contribution is 7.11. The van der Waals surface area contributed by atoms with Crippen molar-refractivity contribution in [3.8, 4) is 11.3 Å². The van der Waals surface area contributed by atoms with Crippen molar-refractivity contribution in [2.75, 3.05) is 0 Å². The number of aromatic nitrogens is 1. The van der Waals surface area contributed by atoms with Gasteiger partial charge in [-0.3, -0.25) is 0 Å². The minimum Gasteiger partial charge on any atom is -0.476 e. The van der Waals surface area contributed by atoms with Crippen LogP contribution in [0.3, 0.4) is 0 Å². The molecule has 3 nitrogen and oxygen atoms in total. The average molecular weight is 261 g/mol. The van der Waals surface area contributed by atoms with Crippen LogP contribution in [-0.2, 0) is 0 Å². The number of aromatic carboxylic acids is 1. The lowest BCUT2D eigenvalue weighted by molar-refractivity contribution is 0.0696. The maximum absolute atomic E-state index is 10.8. The Bertz CT molecular complexity index is 545. The third-order valence-corrected chi connectivity index (χ3v) is 3.91. The fourth-order valence-electron chi connectivity index (χ4n) is 1.72. The normalized spacial score (nSPS) is 12.3. The van der Waals surface area contributed by atoms with Crippen molar-refractivity contribution >= 4 is 17.3 Å². The van der Waals surface area contributed by atoms with E-state index in [9.17, 15) is 4.79 Å². The highest BCUT2D eigenvalue weighted by Gasteiger charge is 2.10. The second kappa shape index (κ2) is 5.31. The van der Waals surface area contributed by atoms with Crippen molar-refractivity contribution in [3.63, 3.8) is 0 Å². The molecule has 1 heterocycles. The third kappa shape index (κ3) is 2.59. The van der Waals surface area contributed by atoms with E-state index in [0.29, 0.717) is 5.92 Å². The Balaban J connectivity index is 2.25. The largest absolute Gasteiger partial charge is 0.476 e. The molecule has 1 aromatic heterocycles. The van der Waals surface area contributed by atoms with Gasteiger partial charge in [0.25, 0.3) is 0 Å².